The van der Waals surface area contributed by atoms with E-state index in [0.29, 0.717) is 45.6 Å². The third kappa shape index (κ3) is 3.42. The van der Waals surface area contributed by atoms with Crippen molar-refractivity contribution in [2.24, 2.45) is 0 Å². The molecule has 3 rings (SSSR count). The molecule has 7 heteroatoms. The third-order valence-corrected chi connectivity index (χ3v) is 5.02. The Kier molecular flexibility index (Phi) is 4.82. The minimum absolute atomic E-state index is 0.00102. The average molecular weight is 332 g/mol. The number of hydrogen-bond acceptors (Lipinski definition) is 5. The summed E-state index contributed by atoms with van der Waals surface area (Å²) in [6.07, 6.45) is 4.35. The third-order valence-electron chi connectivity index (χ3n) is 5.02. The van der Waals surface area contributed by atoms with Crippen LogP contribution < -0.4 is 5.32 Å². The molecule has 2 aliphatic heterocycles. The molecule has 0 saturated carbocycles. The normalized spacial score (nSPS) is 23.8. The van der Waals surface area contributed by atoms with Crippen LogP contribution in [0.5, 0.6) is 0 Å². The van der Waals surface area contributed by atoms with Crippen molar-refractivity contribution in [2.75, 3.05) is 32.7 Å². The number of piperidine rings is 1. The number of pyridine rings is 1. The van der Waals surface area contributed by atoms with Crippen LogP contribution in [0.4, 0.5) is 0 Å². The minimum atomic E-state index is -0.920. The summed E-state index contributed by atoms with van der Waals surface area (Å²) >= 11 is 0. The lowest BCUT2D eigenvalue weighted by Gasteiger charge is -2.41. The summed E-state index contributed by atoms with van der Waals surface area (Å²) in [5.41, 5.74) is -0.119. The van der Waals surface area contributed by atoms with E-state index in [1.807, 2.05) is 12.1 Å². The lowest BCUT2D eigenvalue weighted by atomic mass is 9.85. The molecular formula is C17H24N4O3. The second-order valence-electron chi connectivity index (χ2n) is 6.57. The number of piperazine rings is 1. The Morgan fingerprint density at radius 1 is 1.29 bits per heavy atom. The number of aromatic nitrogens is 1. The first-order chi connectivity index (χ1) is 11.5. The van der Waals surface area contributed by atoms with Gasteiger partial charge in [-0.3, -0.25) is 14.6 Å². The lowest BCUT2D eigenvalue weighted by Crippen LogP contribution is -2.60. The molecule has 0 aliphatic carbocycles. The van der Waals surface area contributed by atoms with E-state index in [1.54, 1.807) is 22.2 Å². The van der Waals surface area contributed by atoms with Crippen molar-refractivity contribution >= 4 is 11.8 Å². The Hall–Kier alpha value is -1.99. The summed E-state index contributed by atoms with van der Waals surface area (Å²) in [5, 5.41) is 14.0. The molecule has 0 aromatic carbocycles. The van der Waals surface area contributed by atoms with E-state index in [1.165, 1.54) is 6.92 Å². The van der Waals surface area contributed by atoms with Crippen LogP contribution in [-0.2, 0) is 15.2 Å². The van der Waals surface area contributed by atoms with Gasteiger partial charge in [0.2, 0.25) is 11.8 Å². The fourth-order valence-corrected chi connectivity index (χ4v) is 3.45. The fraction of sp³-hybridized carbons (Fsp3) is 0.588. The van der Waals surface area contributed by atoms with Gasteiger partial charge >= 0.3 is 0 Å². The van der Waals surface area contributed by atoms with Gasteiger partial charge in [0.05, 0.1) is 5.60 Å². The van der Waals surface area contributed by atoms with E-state index < -0.39 is 5.60 Å². The highest BCUT2D eigenvalue weighted by Crippen LogP contribution is 2.32. The van der Waals surface area contributed by atoms with Gasteiger partial charge in [-0.25, -0.2) is 0 Å². The maximum Gasteiger partial charge on any atom is 0.241 e. The molecular weight excluding hydrogens is 308 g/mol. The summed E-state index contributed by atoms with van der Waals surface area (Å²) in [4.78, 5) is 31.8. The second kappa shape index (κ2) is 6.86. The smallest absolute Gasteiger partial charge is 0.241 e. The summed E-state index contributed by atoms with van der Waals surface area (Å²) in [6.45, 7) is 4.22. The number of likely N-dealkylation sites (tertiary alicyclic amines) is 1. The monoisotopic (exact) mass is 332 g/mol. The van der Waals surface area contributed by atoms with Gasteiger partial charge in [-0.15, -0.1) is 0 Å². The van der Waals surface area contributed by atoms with Gasteiger partial charge in [0.25, 0.3) is 0 Å². The number of amides is 2. The fourth-order valence-electron chi connectivity index (χ4n) is 3.45. The predicted octanol–water partition coefficient (Wildman–Crippen LogP) is -0.288. The first-order valence-corrected chi connectivity index (χ1v) is 8.40. The van der Waals surface area contributed by atoms with Crippen molar-refractivity contribution in [1.29, 1.82) is 0 Å². The largest absolute Gasteiger partial charge is 0.385 e. The molecule has 0 spiro atoms. The van der Waals surface area contributed by atoms with Crippen molar-refractivity contribution in [2.45, 2.75) is 31.4 Å². The van der Waals surface area contributed by atoms with Crippen LogP contribution >= 0.6 is 0 Å². The number of nitrogens with zero attached hydrogens (tertiary/aromatic N) is 3. The van der Waals surface area contributed by atoms with Crippen molar-refractivity contribution in [1.82, 2.24) is 20.1 Å². The Balaban J connectivity index is 1.60. The van der Waals surface area contributed by atoms with Crippen LogP contribution in [0.2, 0.25) is 0 Å². The highest BCUT2D eigenvalue weighted by molar-refractivity contribution is 5.83. The Morgan fingerprint density at radius 2 is 2.04 bits per heavy atom. The molecule has 1 aromatic heterocycles. The number of nitrogens with one attached hydrogen (secondary N) is 1. The molecule has 0 bridgehead atoms. The summed E-state index contributed by atoms with van der Waals surface area (Å²) in [5.74, 6) is 0.00748. The van der Waals surface area contributed by atoms with Crippen molar-refractivity contribution in [3.63, 3.8) is 0 Å². The summed E-state index contributed by atoms with van der Waals surface area (Å²) < 4.78 is 0. The van der Waals surface area contributed by atoms with Crippen LogP contribution in [-0.4, -0.2) is 70.5 Å². The van der Waals surface area contributed by atoms with Crippen LogP contribution in [0.25, 0.3) is 0 Å². The molecule has 2 amide bonds. The van der Waals surface area contributed by atoms with E-state index >= 15 is 0 Å². The highest BCUT2D eigenvalue weighted by atomic mass is 16.3. The molecule has 3 heterocycles. The van der Waals surface area contributed by atoms with Gasteiger partial charge < -0.3 is 20.2 Å². The molecule has 1 unspecified atom stereocenters. The van der Waals surface area contributed by atoms with Gasteiger partial charge in [0, 0.05) is 57.6 Å². The van der Waals surface area contributed by atoms with Crippen LogP contribution in [0.1, 0.15) is 25.3 Å². The SMILES string of the molecule is CC(=O)N1CCNC(C(=O)N2CCC(O)(c3cccnc3)CC2)C1. The molecule has 130 valence electrons. The second-order valence-corrected chi connectivity index (χ2v) is 6.57. The number of hydrogen-bond donors (Lipinski definition) is 2. The number of rotatable bonds is 2. The van der Waals surface area contributed by atoms with E-state index in [4.69, 9.17) is 0 Å². The zero-order chi connectivity index (χ0) is 17.2. The van der Waals surface area contributed by atoms with Gasteiger partial charge in [0.1, 0.15) is 6.04 Å². The highest BCUT2D eigenvalue weighted by Gasteiger charge is 2.38. The van der Waals surface area contributed by atoms with Crippen molar-refractivity contribution < 1.29 is 14.7 Å². The zero-order valence-corrected chi connectivity index (χ0v) is 13.9. The molecule has 2 fully saturated rings. The summed E-state index contributed by atoms with van der Waals surface area (Å²) in [7, 11) is 0. The number of carbonyl (C=O) groups excluding carboxylic acids is 2. The van der Waals surface area contributed by atoms with Crippen molar-refractivity contribution in [3.05, 3.63) is 30.1 Å². The van der Waals surface area contributed by atoms with E-state index in [9.17, 15) is 14.7 Å². The molecule has 7 nitrogen and oxygen atoms in total. The Morgan fingerprint density at radius 3 is 2.67 bits per heavy atom. The van der Waals surface area contributed by atoms with E-state index in [0.717, 1.165) is 5.56 Å². The van der Waals surface area contributed by atoms with E-state index in [-0.39, 0.29) is 17.9 Å². The Labute approximate surface area is 141 Å². The predicted molar refractivity (Wildman–Crippen MR) is 88.0 cm³/mol. The summed E-state index contributed by atoms with van der Waals surface area (Å²) in [6, 6.07) is 3.33. The zero-order valence-electron chi connectivity index (χ0n) is 13.9. The molecule has 0 radical (unpaired) electrons. The van der Waals surface area contributed by atoms with Gasteiger partial charge in [-0.1, -0.05) is 6.07 Å². The number of carbonyl (C=O) groups is 2. The average Bonchev–Trinajstić information content (AvgIpc) is 2.62. The topological polar surface area (TPSA) is 85.8 Å². The lowest BCUT2D eigenvalue weighted by molar-refractivity contribution is -0.140. The molecule has 24 heavy (non-hydrogen) atoms. The molecule has 2 N–H and O–H groups in total. The van der Waals surface area contributed by atoms with Crippen LogP contribution in [0.15, 0.2) is 24.5 Å². The van der Waals surface area contributed by atoms with Gasteiger partial charge in [0.15, 0.2) is 0 Å². The standard InChI is InChI=1S/C17H24N4O3/c1-13(22)21-10-7-19-15(12-21)16(23)20-8-4-17(24,5-9-20)14-3-2-6-18-11-14/h2-3,6,11,15,19,24H,4-5,7-10,12H2,1H3. The van der Waals surface area contributed by atoms with Gasteiger partial charge in [-0.05, 0) is 18.9 Å². The van der Waals surface area contributed by atoms with Crippen LogP contribution in [0.3, 0.4) is 0 Å². The van der Waals surface area contributed by atoms with Crippen LogP contribution in [0, 0.1) is 0 Å². The maximum atomic E-state index is 12.7. The molecule has 1 aromatic rings. The minimum Gasteiger partial charge on any atom is -0.385 e. The van der Waals surface area contributed by atoms with E-state index in [2.05, 4.69) is 10.3 Å². The quantitative estimate of drug-likeness (QED) is 0.777. The van der Waals surface area contributed by atoms with Crippen molar-refractivity contribution in [3.8, 4) is 0 Å². The first-order valence-electron chi connectivity index (χ1n) is 8.40. The maximum absolute atomic E-state index is 12.7. The van der Waals surface area contributed by atoms with Gasteiger partial charge in [-0.2, -0.15) is 0 Å². The first kappa shape index (κ1) is 16.9. The Bertz CT molecular complexity index is 599. The molecule has 1 atom stereocenters. The molecule has 2 saturated heterocycles. The number of aliphatic hydroxyl groups is 1. The molecule has 2 aliphatic rings.